The largest absolute Gasteiger partial charge is 0.390 e. The number of halogens is 1. The van der Waals surface area contributed by atoms with Crippen LogP contribution in [0.3, 0.4) is 0 Å². The van der Waals surface area contributed by atoms with E-state index >= 15 is 0 Å². The molecule has 1 atom stereocenters. The number of carbonyl (C=O) groups is 1. The summed E-state index contributed by atoms with van der Waals surface area (Å²) in [5.74, 6) is 0.104. The summed E-state index contributed by atoms with van der Waals surface area (Å²) in [6.07, 6.45) is 0.970. The molecule has 0 aromatic heterocycles. The molecule has 6 nitrogen and oxygen atoms in total. The average molecular weight is 417 g/mol. The minimum Gasteiger partial charge on any atom is -0.390 e. The Morgan fingerprint density at radius 2 is 1.76 bits per heavy atom. The minimum absolute atomic E-state index is 0. The quantitative estimate of drug-likeness (QED) is 0.675. The van der Waals surface area contributed by atoms with Gasteiger partial charge in [0.25, 0.3) is 0 Å². The number of piperazine rings is 1. The molecule has 2 heterocycles. The zero-order valence-electron chi connectivity index (χ0n) is 16.5. The maximum absolute atomic E-state index is 11.6. The van der Waals surface area contributed by atoms with E-state index in [0.717, 1.165) is 44.0 Å². The Kier molecular flexibility index (Phi) is 7.36. The zero-order valence-corrected chi connectivity index (χ0v) is 17.3. The number of fused-ring (bicyclic) bond motifs is 1. The third-order valence-corrected chi connectivity index (χ3v) is 5.52. The molecule has 4 rings (SSSR count). The molecule has 1 saturated heterocycles. The molecule has 156 valence electrons. The molecule has 0 spiro atoms. The number of aliphatic hydroxyl groups excluding tert-OH is 1. The van der Waals surface area contributed by atoms with Crippen molar-refractivity contribution in [2.45, 2.75) is 18.9 Å². The lowest BCUT2D eigenvalue weighted by Crippen LogP contribution is -2.49. The highest BCUT2D eigenvalue weighted by molar-refractivity contribution is 5.95. The van der Waals surface area contributed by atoms with E-state index in [1.807, 2.05) is 42.5 Å². The van der Waals surface area contributed by atoms with Crippen LogP contribution in [0.2, 0.25) is 0 Å². The van der Waals surface area contributed by atoms with Crippen LogP contribution >= 0.6 is 12.4 Å². The van der Waals surface area contributed by atoms with E-state index in [0.29, 0.717) is 19.5 Å². The summed E-state index contributed by atoms with van der Waals surface area (Å²) < 4.78 is 0. The SMILES string of the molecule is Cl.O=C1CCc2c(cccc2N2CCN(C[C@@H](O)CNc3ccccc3)CC2)N1. The first-order valence-electron chi connectivity index (χ1n) is 10.0. The van der Waals surface area contributed by atoms with Gasteiger partial charge in [-0.05, 0) is 36.2 Å². The van der Waals surface area contributed by atoms with Crippen LogP contribution in [0.15, 0.2) is 48.5 Å². The fraction of sp³-hybridized carbons (Fsp3) is 0.409. The standard InChI is InChI=1S/C22H28N4O2.ClH/c27-18(15-23-17-5-2-1-3-6-17)16-25-11-13-26(14-12-25)21-8-4-7-20-19(21)9-10-22(28)24-20;/h1-8,18,23,27H,9-16H2,(H,24,28);1H/t18-;/m0./s1. The second kappa shape index (κ2) is 9.96. The average Bonchev–Trinajstić information content (AvgIpc) is 2.73. The summed E-state index contributed by atoms with van der Waals surface area (Å²) in [5.41, 5.74) is 4.48. The molecule has 1 amide bonds. The van der Waals surface area contributed by atoms with Crippen molar-refractivity contribution in [1.29, 1.82) is 0 Å². The molecule has 0 bridgehead atoms. The second-order valence-electron chi connectivity index (χ2n) is 7.54. The number of nitrogens with one attached hydrogen (secondary N) is 2. The van der Waals surface area contributed by atoms with Gasteiger partial charge in [-0.3, -0.25) is 9.69 Å². The summed E-state index contributed by atoms with van der Waals surface area (Å²) >= 11 is 0. The van der Waals surface area contributed by atoms with E-state index < -0.39 is 6.10 Å². The molecular weight excluding hydrogens is 388 g/mol. The summed E-state index contributed by atoms with van der Waals surface area (Å²) in [6, 6.07) is 16.1. The number of rotatable bonds is 6. The molecular formula is C22H29ClN4O2. The Balaban J connectivity index is 0.00000240. The normalized spacial score (nSPS) is 17.7. The topological polar surface area (TPSA) is 67.8 Å². The Bertz CT molecular complexity index is 810. The summed E-state index contributed by atoms with van der Waals surface area (Å²) in [6.45, 7) is 4.95. The molecule has 0 unspecified atom stereocenters. The minimum atomic E-state index is -0.397. The van der Waals surface area contributed by atoms with E-state index in [4.69, 9.17) is 0 Å². The van der Waals surface area contributed by atoms with Crippen molar-refractivity contribution in [3.63, 3.8) is 0 Å². The van der Waals surface area contributed by atoms with Gasteiger partial charge in [0, 0.05) is 62.8 Å². The fourth-order valence-corrected chi connectivity index (χ4v) is 4.03. The first kappa shape index (κ1) is 21.4. The van der Waals surface area contributed by atoms with Gasteiger partial charge in [0.15, 0.2) is 0 Å². The number of aliphatic hydroxyl groups is 1. The van der Waals surface area contributed by atoms with Gasteiger partial charge >= 0.3 is 0 Å². The van der Waals surface area contributed by atoms with Crippen molar-refractivity contribution in [3.8, 4) is 0 Å². The van der Waals surface area contributed by atoms with Crippen LogP contribution < -0.4 is 15.5 Å². The number of para-hydroxylation sites is 1. The Morgan fingerprint density at radius 3 is 2.52 bits per heavy atom. The summed E-state index contributed by atoms with van der Waals surface area (Å²) in [4.78, 5) is 16.4. The van der Waals surface area contributed by atoms with Gasteiger partial charge in [-0.25, -0.2) is 0 Å². The number of hydrogen-bond acceptors (Lipinski definition) is 5. The van der Waals surface area contributed by atoms with Crippen LogP contribution in [0.1, 0.15) is 12.0 Å². The number of nitrogens with zero attached hydrogens (tertiary/aromatic N) is 2. The first-order chi connectivity index (χ1) is 13.7. The maximum atomic E-state index is 11.6. The monoisotopic (exact) mass is 416 g/mol. The number of benzene rings is 2. The van der Waals surface area contributed by atoms with Crippen LogP contribution in [0.5, 0.6) is 0 Å². The number of hydrogen-bond donors (Lipinski definition) is 3. The number of amides is 1. The van der Waals surface area contributed by atoms with Gasteiger partial charge in [-0.1, -0.05) is 24.3 Å². The molecule has 29 heavy (non-hydrogen) atoms. The highest BCUT2D eigenvalue weighted by Gasteiger charge is 2.24. The fourth-order valence-electron chi connectivity index (χ4n) is 4.03. The highest BCUT2D eigenvalue weighted by atomic mass is 35.5. The van der Waals surface area contributed by atoms with Crippen molar-refractivity contribution >= 4 is 35.4 Å². The van der Waals surface area contributed by atoms with E-state index in [1.54, 1.807) is 0 Å². The van der Waals surface area contributed by atoms with Gasteiger partial charge in [0.05, 0.1) is 6.10 Å². The van der Waals surface area contributed by atoms with Crippen LogP contribution in [0.25, 0.3) is 0 Å². The molecule has 0 aliphatic carbocycles. The van der Waals surface area contributed by atoms with E-state index in [2.05, 4.69) is 26.5 Å². The number of carbonyl (C=O) groups excluding carboxylic acids is 1. The molecule has 7 heteroatoms. The summed E-state index contributed by atoms with van der Waals surface area (Å²) in [7, 11) is 0. The Hall–Kier alpha value is -2.28. The summed E-state index contributed by atoms with van der Waals surface area (Å²) in [5, 5.41) is 16.6. The lowest BCUT2D eigenvalue weighted by molar-refractivity contribution is -0.116. The van der Waals surface area contributed by atoms with Crippen molar-refractivity contribution < 1.29 is 9.90 Å². The third kappa shape index (κ3) is 5.41. The van der Waals surface area contributed by atoms with E-state index in [1.165, 1.54) is 11.3 Å². The second-order valence-corrected chi connectivity index (χ2v) is 7.54. The molecule has 2 aliphatic rings. The molecule has 3 N–H and O–H groups in total. The maximum Gasteiger partial charge on any atom is 0.224 e. The van der Waals surface area contributed by atoms with Crippen molar-refractivity contribution in [3.05, 3.63) is 54.1 Å². The number of anilines is 3. The lowest BCUT2D eigenvalue weighted by Gasteiger charge is -2.38. The van der Waals surface area contributed by atoms with Crippen LogP contribution in [-0.4, -0.2) is 61.3 Å². The van der Waals surface area contributed by atoms with E-state index in [-0.39, 0.29) is 18.3 Å². The van der Waals surface area contributed by atoms with Crippen molar-refractivity contribution in [2.75, 3.05) is 54.8 Å². The molecule has 1 fully saturated rings. The predicted molar refractivity (Wildman–Crippen MR) is 120 cm³/mol. The predicted octanol–water partition coefficient (Wildman–Crippen LogP) is 2.59. The molecule has 2 aromatic carbocycles. The van der Waals surface area contributed by atoms with E-state index in [9.17, 15) is 9.90 Å². The van der Waals surface area contributed by atoms with Crippen molar-refractivity contribution in [1.82, 2.24) is 4.90 Å². The highest BCUT2D eigenvalue weighted by Crippen LogP contribution is 2.32. The van der Waals surface area contributed by atoms with Crippen molar-refractivity contribution in [2.24, 2.45) is 0 Å². The van der Waals surface area contributed by atoms with Gasteiger partial charge < -0.3 is 20.6 Å². The van der Waals surface area contributed by atoms with Gasteiger partial charge in [0.2, 0.25) is 5.91 Å². The van der Waals surface area contributed by atoms with Crippen LogP contribution in [0, 0.1) is 0 Å². The van der Waals surface area contributed by atoms with Gasteiger partial charge in [-0.15, -0.1) is 12.4 Å². The zero-order chi connectivity index (χ0) is 19.3. The molecule has 0 saturated carbocycles. The Labute approximate surface area is 178 Å². The smallest absolute Gasteiger partial charge is 0.224 e. The number of β-amino-alcohol motifs (C(OH)–C–C–N with tert-alkyl or cyclic N) is 1. The third-order valence-electron chi connectivity index (χ3n) is 5.52. The van der Waals surface area contributed by atoms with Gasteiger partial charge in [0.1, 0.15) is 0 Å². The van der Waals surface area contributed by atoms with Gasteiger partial charge in [-0.2, -0.15) is 0 Å². The first-order valence-corrected chi connectivity index (χ1v) is 10.0. The molecule has 2 aromatic rings. The molecule has 2 aliphatic heterocycles. The van der Waals surface area contributed by atoms with Crippen LogP contribution in [0.4, 0.5) is 17.1 Å². The molecule has 0 radical (unpaired) electrons. The lowest BCUT2D eigenvalue weighted by atomic mass is 10.00. The van der Waals surface area contributed by atoms with Crippen LogP contribution in [-0.2, 0) is 11.2 Å². The Morgan fingerprint density at radius 1 is 1.00 bits per heavy atom.